The SMILES string of the molecule is O=C(/C=C/c1cccs1)NC(=S)Nc1cccc(C(=O)O)c1. The van der Waals surface area contributed by atoms with Gasteiger partial charge in [0, 0.05) is 16.6 Å². The van der Waals surface area contributed by atoms with Crippen molar-refractivity contribution in [2.45, 2.75) is 0 Å². The molecule has 1 heterocycles. The predicted molar refractivity (Wildman–Crippen MR) is 91.1 cm³/mol. The van der Waals surface area contributed by atoms with E-state index in [1.165, 1.54) is 29.5 Å². The van der Waals surface area contributed by atoms with Crippen LogP contribution < -0.4 is 10.6 Å². The molecule has 1 aromatic carbocycles. The number of benzene rings is 1. The van der Waals surface area contributed by atoms with Crippen molar-refractivity contribution in [2.75, 3.05) is 5.32 Å². The lowest BCUT2D eigenvalue weighted by atomic mass is 10.2. The molecule has 1 amide bonds. The molecule has 7 heteroatoms. The number of nitrogens with one attached hydrogen (secondary N) is 2. The maximum atomic E-state index is 11.7. The number of rotatable bonds is 4. The summed E-state index contributed by atoms with van der Waals surface area (Å²) in [5, 5.41) is 16.2. The topological polar surface area (TPSA) is 78.4 Å². The summed E-state index contributed by atoms with van der Waals surface area (Å²) in [6.07, 6.45) is 3.07. The van der Waals surface area contributed by atoms with Gasteiger partial charge in [-0.05, 0) is 47.9 Å². The molecular formula is C15H12N2O3S2. The molecule has 0 bridgehead atoms. The molecule has 0 fully saturated rings. The number of amides is 1. The molecule has 0 aliphatic heterocycles. The van der Waals surface area contributed by atoms with E-state index in [9.17, 15) is 9.59 Å². The summed E-state index contributed by atoms with van der Waals surface area (Å²) in [5.41, 5.74) is 0.629. The van der Waals surface area contributed by atoms with E-state index in [2.05, 4.69) is 10.6 Å². The second-order valence-electron chi connectivity index (χ2n) is 4.18. The van der Waals surface area contributed by atoms with Crippen LogP contribution in [0.15, 0.2) is 47.9 Å². The minimum absolute atomic E-state index is 0.100. The molecule has 0 radical (unpaired) electrons. The third-order valence-corrected chi connectivity index (χ3v) is 3.59. The maximum absolute atomic E-state index is 11.7. The highest BCUT2D eigenvalue weighted by atomic mass is 32.1. The third-order valence-electron chi connectivity index (χ3n) is 2.55. The van der Waals surface area contributed by atoms with Crippen LogP contribution in [-0.2, 0) is 4.79 Å². The molecule has 0 atom stereocenters. The first-order valence-corrected chi connectivity index (χ1v) is 7.50. The minimum Gasteiger partial charge on any atom is -0.478 e. The van der Waals surface area contributed by atoms with E-state index in [-0.39, 0.29) is 16.6 Å². The third kappa shape index (κ3) is 4.80. The van der Waals surface area contributed by atoms with E-state index in [1.807, 2.05) is 17.5 Å². The highest BCUT2D eigenvalue weighted by Crippen LogP contribution is 2.11. The number of carboxylic acid groups (broad SMARTS) is 1. The van der Waals surface area contributed by atoms with Crippen LogP contribution in [-0.4, -0.2) is 22.1 Å². The Morgan fingerprint density at radius 1 is 1.23 bits per heavy atom. The Labute approximate surface area is 136 Å². The molecule has 0 saturated carbocycles. The highest BCUT2D eigenvalue weighted by molar-refractivity contribution is 7.80. The summed E-state index contributed by atoms with van der Waals surface area (Å²) in [6.45, 7) is 0. The fraction of sp³-hybridized carbons (Fsp3) is 0. The normalized spacial score (nSPS) is 10.4. The van der Waals surface area contributed by atoms with Crippen LogP contribution in [0.5, 0.6) is 0 Å². The van der Waals surface area contributed by atoms with Crippen molar-refractivity contribution in [1.29, 1.82) is 0 Å². The van der Waals surface area contributed by atoms with Gasteiger partial charge in [-0.3, -0.25) is 10.1 Å². The van der Waals surface area contributed by atoms with Crippen molar-refractivity contribution < 1.29 is 14.7 Å². The van der Waals surface area contributed by atoms with Crippen LogP contribution in [0.1, 0.15) is 15.2 Å². The van der Waals surface area contributed by atoms with Crippen molar-refractivity contribution in [3.8, 4) is 0 Å². The molecule has 0 saturated heterocycles. The van der Waals surface area contributed by atoms with E-state index in [0.717, 1.165) is 4.88 Å². The lowest BCUT2D eigenvalue weighted by Gasteiger charge is -2.08. The van der Waals surface area contributed by atoms with Gasteiger partial charge in [0.2, 0.25) is 5.91 Å². The van der Waals surface area contributed by atoms with Crippen LogP contribution in [0.25, 0.3) is 6.08 Å². The fourth-order valence-electron chi connectivity index (χ4n) is 1.59. The van der Waals surface area contributed by atoms with Gasteiger partial charge >= 0.3 is 5.97 Å². The lowest BCUT2D eigenvalue weighted by Crippen LogP contribution is -2.32. The molecule has 2 aromatic rings. The van der Waals surface area contributed by atoms with Gasteiger partial charge in [-0.1, -0.05) is 12.1 Å². The molecular weight excluding hydrogens is 320 g/mol. The summed E-state index contributed by atoms with van der Waals surface area (Å²) >= 11 is 6.53. The summed E-state index contributed by atoms with van der Waals surface area (Å²) in [5.74, 6) is -1.39. The Hall–Kier alpha value is -2.51. The van der Waals surface area contributed by atoms with Gasteiger partial charge in [-0.2, -0.15) is 0 Å². The van der Waals surface area contributed by atoms with Crippen LogP contribution in [0.4, 0.5) is 5.69 Å². The summed E-state index contributed by atoms with van der Waals surface area (Å²) in [4.78, 5) is 23.5. The average Bonchev–Trinajstić information content (AvgIpc) is 2.98. The van der Waals surface area contributed by atoms with Gasteiger partial charge in [0.15, 0.2) is 5.11 Å². The van der Waals surface area contributed by atoms with E-state index in [0.29, 0.717) is 5.69 Å². The monoisotopic (exact) mass is 332 g/mol. The van der Waals surface area contributed by atoms with Crippen molar-refractivity contribution in [1.82, 2.24) is 5.32 Å². The number of thiophene rings is 1. The van der Waals surface area contributed by atoms with Gasteiger partial charge < -0.3 is 10.4 Å². The largest absolute Gasteiger partial charge is 0.478 e. The van der Waals surface area contributed by atoms with E-state index in [1.54, 1.807) is 18.2 Å². The van der Waals surface area contributed by atoms with Crippen LogP contribution in [0.3, 0.4) is 0 Å². The second-order valence-corrected chi connectivity index (χ2v) is 5.57. The first-order chi connectivity index (χ1) is 10.5. The molecule has 0 aliphatic carbocycles. The molecule has 0 spiro atoms. The molecule has 112 valence electrons. The Morgan fingerprint density at radius 2 is 2.05 bits per heavy atom. The molecule has 5 nitrogen and oxygen atoms in total. The number of hydrogen-bond acceptors (Lipinski definition) is 4. The van der Waals surface area contributed by atoms with Crippen LogP contribution in [0, 0.1) is 0 Å². The Kier molecular flexibility index (Phi) is 5.40. The zero-order valence-electron chi connectivity index (χ0n) is 11.3. The molecule has 3 N–H and O–H groups in total. The number of carbonyl (C=O) groups excluding carboxylic acids is 1. The van der Waals surface area contributed by atoms with Crippen molar-refractivity contribution in [3.05, 3.63) is 58.3 Å². The summed E-state index contributed by atoms with van der Waals surface area (Å²) in [7, 11) is 0. The van der Waals surface area contributed by atoms with Crippen molar-refractivity contribution >= 4 is 52.3 Å². The molecule has 0 unspecified atom stereocenters. The van der Waals surface area contributed by atoms with E-state index >= 15 is 0 Å². The van der Waals surface area contributed by atoms with Crippen molar-refractivity contribution in [2.24, 2.45) is 0 Å². The van der Waals surface area contributed by atoms with E-state index < -0.39 is 5.97 Å². The van der Waals surface area contributed by atoms with E-state index in [4.69, 9.17) is 17.3 Å². The fourth-order valence-corrected chi connectivity index (χ4v) is 2.43. The Balaban J connectivity index is 1.91. The summed E-state index contributed by atoms with van der Waals surface area (Å²) in [6, 6.07) is 9.94. The first kappa shape index (κ1) is 15.9. The van der Waals surface area contributed by atoms with Gasteiger partial charge in [-0.15, -0.1) is 11.3 Å². The van der Waals surface area contributed by atoms with Gasteiger partial charge in [0.25, 0.3) is 0 Å². The van der Waals surface area contributed by atoms with Crippen LogP contribution in [0.2, 0.25) is 0 Å². The maximum Gasteiger partial charge on any atom is 0.335 e. The average molecular weight is 332 g/mol. The van der Waals surface area contributed by atoms with Gasteiger partial charge in [0.05, 0.1) is 5.56 Å². The first-order valence-electron chi connectivity index (χ1n) is 6.21. The highest BCUT2D eigenvalue weighted by Gasteiger charge is 2.05. The van der Waals surface area contributed by atoms with Crippen LogP contribution >= 0.6 is 23.6 Å². The molecule has 2 rings (SSSR count). The molecule has 22 heavy (non-hydrogen) atoms. The number of hydrogen-bond donors (Lipinski definition) is 3. The number of aromatic carboxylic acids is 1. The van der Waals surface area contributed by atoms with Gasteiger partial charge in [-0.25, -0.2) is 4.79 Å². The molecule has 1 aromatic heterocycles. The second kappa shape index (κ2) is 7.48. The zero-order valence-corrected chi connectivity index (χ0v) is 12.9. The van der Waals surface area contributed by atoms with Gasteiger partial charge in [0.1, 0.15) is 0 Å². The standard InChI is InChI=1S/C15H12N2O3S2/c18-13(7-6-12-5-2-8-22-12)17-15(21)16-11-4-1-3-10(9-11)14(19)20/h1-9H,(H,19,20)(H2,16,17,18,21)/b7-6+. The minimum atomic E-state index is -1.03. The quantitative estimate of drug-likeness (QED) is 0.593. The lowest BCUT2D eigenvalue weighted by molar-refractivity contribution is -0.115. The smallest absolute Gasteiger partial charge is 0.335 e. The predicted octanol–water partition coefficient (Wildman–Crippen LogP) is 2.97. The Morgan fingerprint density at radius 3 is 2.73 bits per heavy atom. The number of carboxylic acids is 1. The zero-order chi connectivity index (χ0) is 15.9. The molecule has 0 aliphatic rings. The number of thiocarbonyl (C=S) groups is 1. The number of anilines is 1. The Bertz CT molecular complexity index is 724. The summed E-state index contributed by atoms with van der Waals surface area (Å²) < 4.78 is 0. The van der Waals surface area contributed by atoms with Crippen molar-refractivity contribution in [3.63, 3.8) is 0 Å². The number of carbonyl (C=O) groups is 2.